The summed E-state index contributed by atoms with van der Waals surface area (Å²) in [6.45, 7) is 4.81. The van der Waals surface area contributed by atoms with Gasteiger partial charge in [0.25, 0.3) is 0 Å². The topological polar surface area (TPSA) is 29.5 Å². The van der Waals surface area contributed by atoms with E-state index in [1.54, 1.807) is 11.1 Å². The molecule has 2 fully saturated rings. The van der Waals surface area contributed by atoms with E-state index in [2.05, 4.69) is 26.0 Å². The first-order valence-corrected chi connectivity index (χ1v) is 9.10. The highest BCUT2D eigenvalue weighted by atomic mass is 16.5. The third-order valence-corrected chi connectivity index (χ3v) is 7.75. The van der Waals surface area contributed by atoms with Crippen LogP contribution in [-0.2, 0) is 4.74 Å². The second-order valence-electron chi connectivity index (χ2n) is 8.56. The van der Waals surface area contributed by atoms with Crippen LogP contribution in [0.15, 0.2) is 23.3 Å². The first kappa shape index (κ1) is 15.0. The summed E-state index contributed by atoms with van der Waals surface area (Å²) in [5, 5.41) is 10.5. The van der Waals surface area contributed by atoms with Crippen LogP contribution in [-0.4, -0.2) is 24.4 Å². The van der Waals surface area contributed by atoms with Gasteiger partial charge in [-0.1, -0.05) is 37.1 Å². The van der Waals surface area contributed by atoms with E-state index in [0.717, 1.165) is 25.2 Å². The third kappa shape index (κ3) is 1.86. The van der Waals surface area contributed by atoms with E-state index in [9.17, 15) is 5.11 Å². The Kier molecular flexibility index (Phi) is 3.36. The van der Waals surface area contributed by atoms with Gasteiger partial charge in [0, 0.05) is 12.5 Å². The smallest absolute Gasteiger partial charge is 0.0665 e. The molecule has 0 saturated heterocycles. The molecule has 2 nitrogen and oxygen atoms in total. The van der Waals surface area contributed by atoms with Crippen molar-refractivity contribution in [3.63, 3.8) is 0 Å². The standard InChI is InChI=1S/C20H30O2/c1-19-10-8-14(22-3)12-13(19)4-5-15-16-6-7-18(21)20(16,2)11-9-17(15)19/h4,6,14-15,17-18,21H,5,7-12H2,1-3H3/t14-,15+,17+,18+,19+,20+/m1/s1. The number of allylic oxidation sites excluding steroid dienone is 1. The molecule has 22 heavy (non-hydrogen) atoms. The fourth-order valence-electron chi connectivity index (χ4n) is 6.15. The van der Waals surface area contributed by atoms with E-state index in [1.165, 1.54) is 25.7 Å². The van der Waals surface area contributed by atoms with Crippen molar-refractivity contribution >= 4 is 0 Å². The van der Waals surface area contributed by atoms with Gasteiger partial charge >= 0.3 is 0 Å². The second kappa shape index (κ2) is 4.95. The lowest BCUT2D eigenvalue weighted by molar-refractivity contribution is -0.00991. The van der Waals surface area contributed by atoms with E-state index in [0.29, 0.717) is 17.4 Å². The molecule has 4 aliphatic rings. The van der Waals surface area contributed by atoms with E-state index >= 15 is 0 Å². The predicted molar refractivity (Wildman–Crippen MR) is 88.5 cm³/mol. The second-order valence-corrected chi connectivity index (χ2v) is 8.56. The third-order valence-electron chi connectivity index (χ3n) is 7.75. The molecule has 4 rings (SSSR count). The molecule has 0 aliphatic heterocycles. The Hall–Kier alpha value is -0.600. The number of hydrogen-bond acceptors (Lipinski definition) is 2. The monoisotopic (exact) mass is 302 g/mol. The van der Waals surface area contributed by atoms with Gasteiger partial charge in [-0.25, -0.2) is 0 Å². The van der Waals surface area contributed by atoms with Gasteiger partial charge in [-0.3, -0.25) is 0 Å². The zero-order valence-electron chi connectivity index (χ0n) is 14.3. The summed E-state index contributed by atoms with van der Waals surface area (Å²) in [5.41, 5.74) is 3.68. The number of hydrogen-bond donors (Lipinski definition) is 1. The highest BCUT2D eigenvalue weighted by molar-refractivity contribution is 5.34. The van der Waals surface area contributed by atoms with E-state index in [4.69, 9.17) is 4.74 Å². The molecule has 1 N–H and O–H groups in total. The van der Waals surface area contributed by atoms with Crippen LogP contribution in [0.3, 0.4) is 0 Å². The Labute approximate surface area is 134 Å². The molecule has 4 aliphatic carbocycles. The Balaban J connectivity index is 1.67. The van der Waals surface area contributed by atoms with Crippen LogP contribution >= 0.6 is 0 Å². The molecular formula is C20H30O2. The van der Waals surface area contributed by atoms with Crippen LogP contribution < -0.4 is 0 Å². The number of methoxy groups -OCH3 is 1. The molecule has 0 aromatic rings. The largest absolute Gasteiger partial charge is 0.392 e. The Morgan fingerprint density at radius 1 is 1.09 bits per heavy atom. The normalized spacial score (nSPS) is 50.5. The van der Waals surface area contributed by atoms with Crippen molar-refractivity contribution in [1.82, 2.24) is 0 Å². The zero-order valence-corrected chi connectivity index (χ0v) is 14.3. The summed E-state index contributed by atoms with van der Waals surface area (Å²) in [6, 6.07) is 0. The molecule has 6 atom stereocenters. The Morgan fingerprint density at radius 3 is 2.64 bits per heavy atom. The van der Waals surface area contributed by atoms with Crippen molar-refractivity contribution in [3.05, 3.63) is 23.3 Å². The number of aliphatic hydroxyl groups excluding tert-OH is 1. The molecule has 0 amide bonds. The maximum atomic E-state index is 10.5. The molecule has 2 heteroatoms. The van der Waals surface area contributed by atoms with Crippen LogP contribution in [0, 0.1) is 22.7 Å². The van der Waals surface area contributed by atoms with Crippen molar-refractivity contribution < 1.29 is 9.84 Å². The summed E-state index contributed by atoms with van der Waals surface area (Å²) in [5.74, 6) is 1.44. The predicted octanol–water partition coefficient (Wildman–Crippen LogP) is 4.25. The minimum absolute atomic E-state index is 0.0621. The molecule has 0 spiro atoms. The maximum Gasteiger partial charge on any atom is 0.0665 e. The van der Waals surface area contributed by atoms with E-state index in [-0.39, 0.29) is 11.5 Å². The van der Waals surface area contributed by atoms with E-state index in [1.807, 2.05) is 7.11 Å². The number of aliphatic hydroxyl groups is 1. The van der Waals surface area contributed by atoms with Gasteiger partial charge in [0.05, 0.1) is 12.2 Å². The van der Waals surface area contributed by atoms with Crippen molar-refractivity contribution in [2.45, 2.75) is 71.0 Å². The molecule has 0 radical (unpaired) electrons. The highest BCUT2D eigenvalue weighted by Gasteiger charge is 2.55. The number of ether oxygens (including phenoxy) is 1. The Bertz CT molecular complexity index is 534. The van der Waals surface area contributed by atoms with Gasteiger partial charge in [0.1, 0.15) is 0 Å². The van der Waals surface area contributed by atoms with Gasteiger partial charge < -0.3 is 9.84 Å². The van der Waals surface area contributed by atoms with Crippen molar-refractivity contribution in [3.8, 4) is 0 Å². The summed E-state index contributed by atoms with van der Waals surface area (Å²) in [4.78, 5) is 0. The van der Waals surface area contributed by atoms with Gasteiger partial charge in [-0.05, 0) is 62.2 Å². The van der Waals surface area contributed by atoms with Crippen LogP contribution in [0.2, 0.25) is 0 Å². The molecule has 0 aromatic heterocycles. The molecule has 0 heterocycles. The van der Waals surface area contributed by atoms with Gasteiger partial charge in [0.2, 0.25) is 0 Å². The fraction of sp³-hybridized carbons (Fsp3) is 0.800. The SMILES string of the molecule is CO[C@@H]1CC[C@@]2(C)C(=CC[C@H]3C4=CC[C@H](O)[C@@]4(C)CC[C@@H]32)C1. The van der Waals surface area contributed by atoms with Crippen LogP contribution in [0.4, 0.5) is 0 Å². The maximum absolute atomic E-state index is 10.5. The fourth-order valence-corrected chi connectivity index (χ4v) is 6.15. The van der Waals surface area contributed by atoms with Gasteiger partial charge in [-0.2, -0.15) is 0 Å². The highest BCUT2D eigenvalue weighted by Crippen LogP contribution is 2.63. The van der Waals surface area contributed by atoms with Crippen molar-refractivity contribution in [2.75, 3.05) is 7.11 Å². The summed E-state index contributed by atoms with van der Waals surface area (Å²) in [7, 11) is 1.86. The van der Waals surface area contributed by atoms with Gasteiger partial charge in [0.15, 0.2) is 0 Å². The summed E-state index contributed by atoms with van der Waals surface area (Å²) >= 11 is 0. The molecular weight excluding hydrogens is 272 g/mol. The molecule has 0 aromatic carbocycles. The number of fused-ring (bicyclic) bond motifs is 5. The van der Waals surface area contributed by atoms with Crippen LogP contribution in [0.1, 0.15) is 58.8 Å². The quantitative estimate of drug-likeness (QED) is 0.734. The average Bonchev–Trinajstić information content (AvgIpc) is 2.82. The average molecular weight is 302 g/mol. The van der Waals surface area contributed by atoms with Crippen molar-refractivity contribution in [1.29, 1.82) is 0 Å². The lowest BCUT2D eigenvalue weighted by atomic mass is 9.49. The summed E-state index contributed by atoms with van der Waals surface area (Å²) < 4.78 is 5.64. The first-order valence-electron chi connectivity index (χ1n) is 9.10. The Morgan fingerprint density at radius 2 is 1.86 bits per heavy atom. The molecule has 0 unspecified atom stereocenters. The van der Waals surface area contributed by atoms with Crippen LogP contribution in [0.25, 0.3) is 0 Å². The minimum Gasteiger partial charge on any atom is -0.392 e. The van der Waals surface area contributed by atoms with Crippen LogP contribution in [0.5, 0.6) is 0 Å². The first-order chi connectivity index (χ1) is 10.5. The minimum atomic E-state index is -0.147. The summed E-state index contributed by atoms with van der Waals surface area (Å²) in [6.07, 6.45) is 13.3. The lowest BCUT2D eigenvalue weighted by Crippen LogP contribution is -2.48. The molecule has 2 saturated carbocycles. The molecule has 122 valence electrons. The van der Waals surface area contributed by atoms with Gasteiger partial charge in [-0.15, -0.1) is 0 Å². The number of rotatable bonds is 1. The lowest BCUT2D eigenvalue weighted by Gasteiger charge is -2.56. The van der Waals surface area contributed by atoms with Crippen molar-refractivity contribution in [2.24, 2.45) is 22.7 Å². The molecule has 0 bridgehead atoms. The zero-order chi connectivity index (χ0) is 15.5. The van der Waals surface area contributed by atoms with E-state index < -0.39 is 0 Å².